The molecular weight excluding hydrogens is 291 g/mol. The second kappa shape index (κ2) is 7.07. The van der Waals surface area contributed by atoms with Crippen LogP contribution in [0.25, 0.3) is 0 Å². The molecule has 0 amide bonds. The molecule has 0 spiro atoms. The quantitative estimate of drug-likeness (QED) is 0.904. The van der Waals surface area contributed by atoms with Crippen LogP contribution < -0.4 is 5.73 Å². The summed E-state index contributed by atoms with van der Waals surface area (Å²) in [6.07, 6.45) is 4.26. The maximum atomic E-state index is 6.19. The summed E-state index contributed by atoms with van der Waals surface area (Å²) in [6.45, 7) is 2.11. The van der Waals surface area contributed by atoms with Crippen LogP contribution in [0.1, 0.15) is 23.7 Å². The highest BCUT2D eigenvalue weighted by molar-refractivity contribution is 6.36. The molecule has 1 heterocycles. The van der Waals surface area contributed by atoms with Gasteiger partial charge in [0, 0.05) is 34.4 Å². The molecule has 1 unspecified atom stereocenters. The topological polar surface area (TPSA) is 38.9 Å². The molecule has 4 heteroatoms. The highest BCUT2D eigenvalue weighted by Gasteiger charge is 2.12. The molecule has 1 aromatic heterocycles. The van der Waals surface area contributed by atoms with E-state index < -0.39 is 0 Å². The van der Waals surface area contributed by atoms with Crippen molar-refractivity contribution in [2.75, 3.05) is 0 Å². The van der Waals surface area contributed by atoms with E-state index in [4.69, 9.17) is 28.9 Å². The lowest BCUT2D eigenvalue weighted by Crippen LogP contribution is -2.26. The van der Waals surface area contributed by atoms with Crippen LogP contribution in [0.4, 0.5) is 0 Å². The molecule has 106 valence electrons. The first-order valence-electron chi connectivity index (χ1n) is 6.72. The van der Waals surface area contributed by atoms with Gasteiger partial charge in [-0.1, -0.05) is 42.3 Å². The molecule has 0 fully saturated rings. The van der Waals surface area contributed by atoms with E-state index in [1.807, 2.05) is 30.5 Å². The van der Waals surface area contributed by atoms with E-state index in [1.54, 1.807) is 0 Å². The summed E-state index contributed by atoms with van der Waals surface area (Å²) in [5.74, 6) is 0. The standard InChI is InChI=1S/C16H18Cl2N2/c1-2-11-6-7-13(20-10-11)8-12(19)9-14-15(17)4-3-5-16(14)18/h3-7,10,12H,2,8-9,19H2,1H3. The van der Waals surface area contributed by atoms with Crippen molar-refractivity contribution in [3.05, 3.63) is 63.4 Å². The van der Waals surface area contributed by atoms with Crippen LogP contribution >= 0.6 is 23.2 Å². The van der Waals surface area contributed by atoms with Crippen molar-refractivity contribution >= 4 is 23.2 Å². The number of rotatable bonds is 5. The molecule has 2 aromatic rings. The molecule has 2 rings (SSSR count). The van der Waals surface area contributed by atoms with Crippen LogP contribution in [0, 0.1) is 0 Å². The minimum Gasteiger partial charge on any atom is -0.327 e. The van der Waals surface area contributed by atoms with Gasteiger partial charge in [0.2, 0.25) is 0 Å². The van der Waals surface area contributed by atoms with Gasteiger partial charge in [-0.2, -0.15) is 0 Å². The number of halogens is 2. The number of aryl methyl sites for hydroxylation is 1. The van der Waals surface area contributed by atoms with E-state index in [1.165, 1.54) is 5.56 Å². The predicted octanol–water partition coefficient (Wildman–Crippen LogP) is 4.06. The van der Waals surface area contributed by atoms with Gasteiger partial charge in [0.25, 0.3) is 0 Å². The summed E-state index contributed by atoms with van der Waals surface area (Å²) in [5.41, 5.74) is 9.33. The van der Waals surface area contributed by atoms with Crippen LogP contribution in [0.2, 0.25) is 10.0 Å². The summed E-state index contributed by atoms with van der Waals surface area (Å²) < 4.78 is 0. The minimum atomic E-state index is -0.0487. The zero-order valence-corrected chi connectivity index (χ0v) is 13.0. The Morgan fingerprint density at radius 3 is 2.35 bits per heavy atom. The van der Waals surface area contributed by atoms with Gasteiger partial charge in [0.1, 0.15) is 0 Å². The molecule has 2 nitrogen and oxygen atoms in total. The van der Waals surface area contributed by atoms with Crippen LogP contribution in [-0.2, 0) is 19.3 Å². The third-order valence-corrected chi connectivity index (χ3v) is 4.00. The molecule has 0 saturated carbocycles. The molecule has 1 aromatic carbocycles. The summed E-state index contributed by atoms with van der Waals surface area (Å²) in [5, 5.41) is 1.34. The Kier molecular flexibility index (Phi) is 5.41. The average molecular weight is 309 g/mol. The molecule has 20 heavy (non-hydrogen) atoms. The second-order valence-electron chi connectivity index (χ2n) is 4.88. The fourth-order valence-electron chi connectivity index (χ4n) is 2.12. The first-order chi connectivity index (χ1) is 9.60. The van der Waals surface area contributed by atoms with Gasteiger partial charge >= 0.3 is 0 Å². The summed E-state index contributed by atoms with van der Waals surface area (Å²) >= 11 is 12.3. The Bertz CT molecular complexity index is 547. The van der Waals surface area contributed by atoms with Gasteiger partial charge in [-0.3, -0.25) is 4.98 Å². The van der Waals surface area contributed by atoms with Crippen molar-refractivity contribution in [3.63, 3.8) is 0 Å². The van der Waals surface area contributed by atoms with Gasteiger partial charge in [-0.05, 0) is 42.2 Å². The number of nitrogens with two attached hydrogens (primary N) is 1. The lowest BCUT2D eigenvalue weighted by molar-refractivity contribution is 0.654. The number of benzene rings is 1. The van der Waals surface area contributed by atoms with Crippen molar-refractivity contribution in [3.8, 4) is 0 Å². The van der Waals surface area contributed by atoms with Crippen molar-refractivity contribution < 1.29 is 0 Å². The highest BCUT2D eigenvalue weighted by Crippen LogP contribution is 2.25. The molecule has 2 N–H and O–H groups in total. The molecular formula is C16H18Cl2N2. The Labute approximate surface area is 129 Å². The van der Waals surface area contributed by atoms with Crippen molar-refractivity contribution in [1.82, 2.24) is 4.98 Å². The van der Waals surface area contributed by atoms with Crippen molar-refractivity contribution in [1.29, 1.82) is 0 Å². The number of nitrogens with zero attached hydrogens (tertiary/aromatic N) is 1. The van der Waals surface area contributed by atoms with Crippen LogP contribution in [-0.4, -0.2) is 11.0 Å². The summed E-state index contributed by atoms with van der Waals surface area (Å²) in [6, 6.07) is 9.59. The van der Waals surface area contributed by atoms with E-state index >= 15 is 0 Å². The van der Waals surface area contributed by atoms with Gasteiger partial charge in [0.05, 0.1) is 0 Å². The maximum absolute atomic E-state index is 6.19. The van der Waals surface area contributed by atoms with E-state index in [2.05, 4.69) is 18.0 Å². The monoisotopic (exact) mass is 308 g/mol. The fourth-order valence-corrected chi connectivity index (χ4v) is 2.67. The van der Waals surface area contributed by atoms with Crippen molar-refractivity contribution in [2.45, 2.75) is 32.2 Å². The van der Waals surface area contributed by atoms with Gasteiger partial charge in [0.15, 0.2) is 0 Å². The summed E-state index contributed by atoms with van der Waals surface area (Å²) in [4.78, 5) is 4.43. The first-order valence-corrected chi connectivity index (χ1v) is 7.48. The molecule has 0 bridgehead atoms. The smallest absolute Gasteiger partial charge is 0.0453 e. The number of aromatic nitrogens is 1. The number of hydrogen-bond donors (Lipinski definition) is 1. The lowest BCUT2D eigenvalue weighted by atomic mass is 10.0. The molecule has 0 saturated heterocycles. The Balaban J connectivity index is 2.03. The largest absolute Gasteiger partial charge is 0.327 e. The third-order valence-electron chi connectivity index (χ3n) is 3.29. The van der Waals surface area contributed by atoms with Crippen molar-refractivity contribution in [2.24, 2.45) is 5.73 Å². The molecule has 1 atom stereocenters. The predicted molar refractivity (Wildman–Crippen MR) is 85.5 cm³/mol. The van der Waals surface area contributed by atoms with Gasteiger partial charge in [-0.15, -0.1) is 0 Å². The Hall–Kier alpha value is -1.09. The maximum Gasteiger partial charge on any atom is 0.0453 e. The first kappa shape index (κ1) is 15.3. The Morgan fingerprint density at radius 2 is 1.80 bits per heavy atom. The van der Waals surface area contributed by atoms with Crippen LogP contribution in [0.5, 0.6) is 0 Å². The van der Waals surface area contributed by atoms with E-state index in [9.17, 15) is 0 Å². The number of hydrogen-bond acceptors (Lipinski definition) is 2. The van der Waals surface area contributed by atoms with Crippen LogP contribution in [0.3, 0.4) is 0 Å². The van der Waals surface area contributed by atoms with E-state index in [-0.39, 0.29) is 6.04 Å². The summed E-state index contributed by atoms with van der Waals surface area (Å²) in [7, 11) is 0. The molecule has 0 radical (unpaired) electrons. The zero-order valence-electron chi connectivity index (χ0n) is 11.4. The average Bonchev–Trinajstić information content (AvgIpc) is 2.44. The number of pyridine rings is 1. The normalized spacial score (nSPS) is 12.4. The zero-order chi connectivity index (χ0) is 14.5. The minimum absolute atomic E-state index is 0.0487. The van der Waals surface area contributed by atoms with Crippen LogP contribution in [0.15, 0.2) is 36.5 Å². The van der Waals surface area contributed by atoms with E-state index in [0.29, 0.717) is 22.9 Å². The molecule has 0 aliphatic rings. The fraction of sp³-hybridized carbons (Fsp3) is 0.312. The van der Waals surface area contributed by atoms with E-state index in [0.717, 1.165) is 17.7 Å². The SMILES string of the molecule is CCc1ccc(CC(N)Cc2c(Cl)cccc2Cl)nc1. The third kappa shape index (κ3) is 3.95. The van der Waals surface area contributed by atoms with Gasteiger partial charge in [-0.25, -0.2) is 0 Å². The van der Waals surface area contributed by atoms with Gasteiger partial charge < -0.3 is 5.73 Å². The lowest BCUT2D eigenvalue weighted by Gasteiger charge is -2.14. The molecule has 0 aliphatic heterocycles. The highest BCUT2D eigenvalue weighted by atomic mass is 35.5. The second-order valence-corrected chi connectivity index (χ2v) is 5.69. The molecule has 0 aliphatic carbocycles. The Morgan fingerprint density at radius 1 is 1.10 bits per heavy atom.